The first-order chi connectivity index (χ1) is 10.9. The molecule has 0 saturated carbocycles. The van der Waals surface area contributed by atoms with Crippen LogP contribution in [0.15, 0.2) is 18.2 Å². The molecule has 0 aliphatic carbocycles. The predicted molar refractivity (Wildman–Crippen MR) is 86.3 cm³/mol. The van der Waals surface area contributed by atoms with Gasteiger partial charge in [-0.15, -0.1) is 0 Å². The van der Waals surface area contributed by atoms with E-state index in [1.54, 1.807) is 25.1 Å². The molecule has 128 valence electrons. The molecule has 0 spiro atoms. The Morgan fingerprint density at radius 1 is 1.30 bits per heavy atom. The van der Waals surface area contributed by atoms with Crippen molar-refractivity contribution in [2.75, 3.05) is 38.0 Å². The second-order valence-electron chi connectivity index (χ2n) is 5.06. The summed E-state index contributed by atoms with van der Waals surface area (Å²) in [7, 11) is -3.19. The van der Waals surface area contributed by atoms with E-state index in [4.69, 9.17) is 9.47 Å². The number of carbonyl (C=O) groups excluding carboxylic acids is 1. The molecule has 2 rings (SSSR count). The lowest BCUT2D eigenvalue weighted by atomic mass is 10.3. The van der Waals surface area contributed by atoms with Gasteiger partial charge in [-0.3, -0.25) is 0 Å². The number of hydrogen-bond acceptors (Lipinski definition) is 5. The third-order valence-corrected chi connectivity index (χ3v) is 4.70. The predicted octanol–water partition coefficient (Wildman–Crippen LogP) is 1.21. The van der Waals surface area contributed by atoms with Crippen LogP contribution in [-0.2, 0) is 10.0 Å². The molecule has 0 fully saturated rings. The lowest BCUT2D eigenvalue weighted by molar-refractivity contribution is 0.174. The molecule has 1 aromatic carbocycles. The minimum atomic E-state index is -3.19. The van der Waals surface area contributed by atoms with Crippen molar-refractivity contribution >= 4 is 21.7 Å². The Bertz CT molecular complexity index is 662. The fourth-order valence-electron chi connectivity index (χ4n) is 2.17. The van der Waals surface area contributed by atoms with Crippen molar-refractivity contribution in [3.63, 3.8) is 0 Å². The van der Waals surface area contributed by atoms with Crippen molar-refractivity contribution in [1.29, 1.82) is 0 Å². The molecule has 0 atom stereocenters. The van der Waals surface area contributed by atoms with Crippen LogP contribution in [0.4, 0.5) is 10.5 Å². The van der Waals surface area contributed by atoms with Gasteiger partial charge in [0.15, 0.2) is 11.5 Å². The quantitative estimate of drug-likeness (QED) is 0.725. The SMILES string of the molecule is CCN(CCCNC(=O)Nc1ccc2c(c1)OCO2)S(C)(=O)=O. The van der Waals surface area contributed by atoms with Gasteiger partial charge >= 0.3 is 6.03 Å². The van der Waals surface area contributed by atoms with Crippen molar-refractivity contribution in [3.05, 3.63) is 18.2 Å². The summed E-state index contributed by atoms with van der Waals surface area (Å²) in [5.74, 6) is 1.24. The summed E-state index contributed by atoms with van der Waals surface area (Å²) in [5, 5.41) is 5.37. The molecule has 2 N–H and O–H groups in total. The smallest absolute Gasteiger partial charge is 0.319 e. The first-order valence-corrected chi connectivity index (χ1v) is 9.14. The lowest BCUT2D eigenvalue weighted by Crippen LogP contribution is -2.34. The van der Waals surface area contributed by atoms with Crippen LogP contribution < -0.4 is 20.1 Å². The first kappa shape index (κ1) is 17.4. The van der Waals surface area contributed by atoms with E-state index in [-0.39, 0.29) is 12.8 Å². The Labute approximate surface area is 135 Å². The summed E-state index contributed by atoms with van der Waals surface area (Å²) < 4.78 is 34.7. The number of nitrogens with one attached hydrogen (secondary N) is 2. The average molecular weight is 343 g/mol. The van der Waals surface area contributed by atoms with Gasteiger partial charge in [-0.05, 0) is 18.6 Å². The van der Waals surface area contributed by atoms with E-state index in [2.05, 4.69) is 10.6 Å². The zero-order chi connectivity index (χ0) is 16.9. The summed E-state index contributed by atoms with van der Waals surface area (Å²) in [5.41, 5.74) is 0.595. The minimum Gasteiger partial charge on any atom is -0.454 e. The zero-order valence-corrected chi connectivity index (χ0v) is 14.0. The molecule has 0 bridgehead atoms. The molecule has 0 saturated heterocycles. The second kappa shape index (κ2) is 7.51. The standard InChI is InChI=1S/C14H21N3O5S/c1-3-17(23(2,19)20)8-4-7-15-14(18)16-11-5-6-12-13(9-11)22-10-21-12/h5-6,9H,3-4,7-8,10H2,1-2H3,(H2,15,16,18). The number of benzene rings is 1. The number of anilines is 1. The molecule has 1 aliphatic rings. The highest BCUT2D eigenvalue weighted by Gasteiger charge is 2.15. The Kier molecular flexibility index (Phi) is 5.67. The maximum absolute atomic E-state index is 11.8. The second-order valence-corrected chi connectivity index (χ2v) is 7.04. The van der Waals surface area contributed by atoms with Crippen LogP contribution in [-0.4, -0.2) is 51.4 Å². The van der Waals surface area contributed by atoms with E-state index in [1.807, 2.05) is 0 Å². The van der Waals surface area contributed by atoms with Crippen LogP contribution in [0.1, 0.15) is 13.3 Å². The fraction of sp³-hybridized carbons (Fsp3) is 0.500. The molecule has 2 amide bonds. The first-order valence-electron chi connectivity index (χ1n) is 7.30. The molecule has 0 radical (unpaired) electrons. The number of hydrogen-bond donors (Lipinski definition) is 2. The largest absolute Gasteiger partial charge is 0.454 e. The van der Waals surface area contributed by atoms with E-state index in [0.29, 0.717) is 43.2 Å². The van der Waals surface area contributed by atoms with E-state index < -0.39 is 10.0 Å². The van der Waals surface area contributed by atoms with Crippen LogP contribution in [0.3, 0.4) is 0 Å². The Balaban J connectivity index is 1.73. The number of urea groups is 1. The summed E-state index contributed by atoms with van der Waals surface area (Å²) in [6, 6.07) is 4.77. The highest BCUT2D eigenvalue weighted by Crippen LogP contribution is 2.34. The molecule has 8 nitrogen and oxygen atoms in total. The molecule has 0 aromatic heterocycles. The van der Waals surface area contributed by atoms with Gasteiger partial charge in [0, 0.05) is 31.4 Å². The molecule has 1 aromatic rings. The van der Waals surface area contributed by atoms with Gasteiger partial charge in [0.05, 0.1) is 6.26 Å². The Morgan fingerprint density at radius 2 is 2.04 bits per heavy atom. The summed E-state index contributed by atoms with van der Waals surface area (Å²) in [6.45, 7) is 3.13. The van der Waals surface area contributed by atoms with Gasteiger partial charge in [0.25, 0.3) is 0 Å². The number of nitrogens with zero attached hydrogens (tertiary/aromatic N) is 1. The van der Waals surface area contributed by atoms with Gasteiger partial charge < -0.3 is 20.1 Å². The average Bonchev–Trinajstić information content (AvgIpc) is 2.93. The molecule has 1 aliphatic heterocycles. The number of amides is 2. The van der Waals surface area contributed by atoms with E-state index in [1.165, 1.54) is 10.6 Å². The summed E-state index contributed by atoms with van der Waals surface area (Å²) in [6.07, 6.45) is 1.71. The van der Waals surface area contributed by atoms with Gasteiger partial charge in [-0.25, -0.2) is 17.5 Å². The maximum atomic E-state index is 11.8. The van der Waals surface area contributed by atoms with Crippen molar-refractivity contribution in [2.45, 2.75) is 13.3 Å². The van der Waals surface area contributed by atoms with Crippen LogP contribution in [0.5, 0.6) is 11.5 Å². The van der Waals surface area contributed by atoms with E-state index >= 15 is 0 Å². The van der Waals surface area contributed by atoms with Gasteiger partial charge in [0.1, 0.15) is 0 Å². The van der Waals surface area contributed by atoms with Gasteiger partial charge in [0.2, 0.25) is 16.8 Å². The number of rotatable bonds is 7. The Morgan fingerprint density at radius 3 is 2.74 bits per heavy atom. The minimum absolute atomic E-state index is 0.180. The van der Waals surface area contributed by atoms with Crippen molar-refractivity contribution in [1.82, 2.24) is 9.62 Å². The molecule has 1 heterocycles. The van der Waals surface area contributed by atoms with Crippen molar-refractivity contribution in [2.24, 2.45) is 0 Å². The van der Waals surface area contributed by atoms with Crippen LogP contribution >= 0.6 is 0 Å². The third kappa shape index (κ3) is 5.00. The van der Waals surface area contributed by atoms with Crippen molar-refractivity contribution in [3.8, 4) is 11.5 Å². The van der Waals surface area contributed by atoms with Crippen LogP contribution in [0.25, 0.3) is 0 Å². The van der Waals surface area contributed by atoms with Crippen LogP contribution in [0, 0.1) is 0 Å². The lowest BCUT2D eigenvalue weighted by Gasteiger charge is -2.17. The number of sulfonamides is 1. The molecule has 0 unspecified atom stereocenters. The fourth-order valence-corrected chi connectivity index (χ4v) is 3.10. The van der Waals surface area contributed by atoms with Crippen molar-refractivity contribution < 1.29 is 22.7 Å². The van der Waals surface area contributed by atoms with E-state index in [9.17, 15) is 13.2 Å². The monoisotopic (exact) mass is 343 g/mol. The molecular formula is C14H21N3O5S. The molecular weight excluding hydrogens is 322 g/mol. The highest BCUT2D eigenvalue weighted by atomic mass is 32.2. The van der Waals surface area contributed by atoms with Crippen LogP contribution in [0.2, 0.25) is 0 Å². The van der Waals surface area contributed by atoms with Gasteiger partial charge in [-0.1, -0.05) is 6.92 Å². The third-order valence-electron chi connectivity index (χ3n) is 3.32. The van der Waals surface area contributed by atoms with Gasteiger partial charge in [-0.2, -0.15) is 0 Å². The molecule has 23 heavy (non-hydrogen) atoms. The number of fused-ring (bicyclic) bond motifs is 1. The zero-order valence-electron chi connectivity index (χ0n) is 13.2. The summed E-state index contributed by atoms with van der Waals surface area (Å²) in [4.78, 5) is 11.8. The molecule has 9 heteroatoms. The van der Waals surface area contributed by atoms with E-state index in [0.717, 1.165) is 0 Å². The number of carbonyl (C=O) groups is 1. The normalized spacial score (nSPS) is 13.2. The maximum Gasteiger partial charge on any atom is 0.319 e. The summed E-state index contributed by atoms with van der Waals surface area (Å²) >= 11 is 0. The topological polar surface area (TPSA) is 97.0 Å². The highest BCUT2D eigenvalue weighted by molar-refractivity contribution is 7.88. The Hall–Kier alpha value is -2.00. The number of ether oxygens (including phenoxy) is 2.